The van der Waals surface area contributed by atoms with Crippen LogP contribution in [-0.2, 0) is 0 Å². The second-order valence-corrected chi connectivity index (χ2v) is 5.11. The molecule has 3 aromatic rings. The third-order valence-electron chi connectivity index (χ3n) is 2.86. The molecule has 0 saturated heterocycles. The first-order valence-electron chi connectivity index (χ1n) is 6.01. The van der Waals surface area contributed by atoms with Crippen LogP contribution in [0.25, 0.3) is 10.8 Å². The Morgan fingerprint density at radius 2 is 1.90 bits per heavy atom. The van der Waals surface area contributed by atoms with Crippen molar-refractivity contribution in [1.82, 2.24) is 9.97 Å². The largest absolute Gasteiger partial charge is 0.305 e. The maximum atomic E-state index is 12.3. The number of nitrogens with one attached hydrogen (secondary N) is 1. The van der Waals surface area contributed by atoms with Crippen molar-refractivity contribution in [2.45, 2.75) is 0 Å². The number of anilines is 1. The number of rotatable bonds is 2. The molecule has 0 atom stereocenters. The number of benzene rings is 1. The SMILES string of the molecule is O=C(Nc1ccc(Br)cn1)c1nccc2ccccc12. The number of pyridine rings is 2. The molecule has 0 bridgehead atoms. The minimum absolute atomic E-state index is 0.267. The summed E-state index contributed by atoms with van der Waals surface area (Å²) in [6.07, 6.45) is 3.26. The smallest absolute Gasteiger partial charge is 0.276 e. The summed E-state index contributed by atoms with van der Waals surface area (Å²) in [6.45, 7) is 0. The van der Waals surface area contributed by atoms with Crippen LogP contribution in [-0.4, -0.2) is 15.9 Å². The zero-order chi connectivity index (χ0) is 13.9. The van der Waals surface area contributed by atoms with Crippen molar-refractivity contribution in [3.63, 3.8) is 0 Å². The van der Waals surface area contributed by atoms with E-state index in [9.17, 15) is 4.79 Å². The zero-order valence-corrected chi connectivity index (χ0v) is 12.0. The summed E-state index contributed by atoms with van der Waals surface area (Å²) < 4.78 is 0.860. The lowest BCUT2D eigenvalue weighted by molar-refractivity contribution is 0.102. The van der Waals surface area contributed by atoms with Crippen LogP contribution in [0.1, 0.15) is 10.5 Å². The molecular formula is C15H10BrN3O. The molecule has 0 saturated carbocycles. The molecule has 0 aliphatic rings. The van der Waals surface area contributed by atoms with E-state index in [1.54, 1.807) is 18.5 Å². The molecule has 98 valence electrons. The second kappa shape index (κ2) is 5.38. The van der Waals surface area contributed by atoms with Gasteiger partial charge >= 0.3 is 0 Å². The molecule has 1 N–H and O–H groups in total. The van der Waals surface area contributed by atoms with Crippen LogP contribution in [0.3, 0.4) is 0 Å². The normalized spacial score (nSPS) is 10.4. The fourth-order valence-electron chi connectivity index (χ4n) is 1.93. The van der Waals surface area contributed by atoms with Gasteiger partial charge in [-0.05, 0) is 39.5 Å². The van der Waals surface area contributed by atoms with E-state index in [1.165, 1.54) is 0 Å². The van der Waals surface area contributed by atoms with Crippen molar-refractivity contribution >= 4 is 38.4 Å². The highest BCUT2D eigenvalue weighted by Crippen LogP contribution is 2.17. The lowest BCUT2D eigenvalue weighted by atomic mass is 10.1. The van der Waals surface area contributed by atoms with Crippen LogP contribution in [0.5, 0.6) is 0 Å². The number of hydrogen-bond acceptors (Lipinski definition) is 3. The van der Waals surface area contributed by atoms with Gasteiger partial charge in [0.15, 0.2) is 0 Å². The fourth-order valence-corrected chi connectivity index (χ4v) is 2.16. The van der Waals surface area contributed by atoms with E-state index in [-0.39, 0.29) is 5.91 Å². The van der Waals surface area contributed by atoms with Crippen molar-refractivity contribution in [2.24, 2.45) is 0 Å². The molecule has 0 fully saturated rings. The van der Waals surface area contributed by atoms with Gasteiger partial charge < -0.3 is 5.32 Å². The minimum atomic E-state index is -0.267. The summed E-state index contributed by atoms with van der Waals surface area (Å²) in [5.74, 6) is 0.226. The Morgan fingerprint density at radius 3 is 2.70 bits per heavy atom. The Hall–Kier alpha value is -2.27. The summed E-state index contributed by atoms with van der Waals surface area (Å²) in [6, 6.07) is 13.1. The zero-order valence-electron chi connectivity index (χ0n) is 10.4. The topological polar surface area (TPSA) is 54.9 Å². The monoisotopic (exact) mass is 327 g/mol. The van der Waals surface area contributed by atoms with Gasteiger partial charge in [-0.3, -0.25) is 9.78 Å². The number of amides is 1. The van der Waals surface area contributed by atoms with Gasteiger partial charge in [-0.1, -0.05) is 24.3 Å². The number of fused-ring (bicyclic) bond motifs is 1. The van der Waals surface area contributed by atoms with Gasteiger partial charge in [0.25, 0.3) is 5.91 Å². The average molecular weight is 328 g/mol. The van der Waals surface area contributed by atoms with Gasteiger partial charge in [0.1, 0.15) is 11.5 Å². The summed E-state index contributed by atoms with van der Waals surface area (Å²) in [5.41, 5.74) is 0.396. The number of carbonyl (C=O) groups is 1. The average Bonchev–Trinajstić information content (AvgIpc) is 2.49. The third-order valence-corrected chi connectivity index (χ3v) is 3.33. The highest BCUT2D eigenvalue weighted by Gasteiger charge is 2.11. The lowest BCUT2D eigenvalue weighted by Crippen LogP contribution is -2.14. The first-order valence-corrected chi connectivity index (χ1v) is 6.80. The van der Waals surface area contributed by atoms with E-state index in [2.05, 4.69) is 31.2 Å². The Bertz CT molecular complexity index is 766. The van der Waals surface area contributed by atoms with Crippen molar-refractivity contribution < 1.29 is 4.79 Å². The van der Waals surface area contributed by atoms with E-state index in [0.29, 0.717) is 11.5 Å². The maximum Gasteiger partial charge on any atom is 0.276 e. The van der Waals surface area contributed by atoms with Gasteiger partial charge in [0.2, 0.25) is 0 Å². The number of hydrogen-bond donors (Lipinski definition) is 1. The molecule has 0 aliphatic carbocycles. The Balaban J connectivity index is 1.94. The number of nitrogens with zero attached hydrogens (tertiary/aromatic N) is 2. The van der Waals surface area contributed by atoms with Crippen molar-refractivity contribution in [3.05, 3.63) is 65.0 Å². The van der Waals surface area contributed by atoms with E-state index >= 15 is 0 Å². The maximum absolute atomic E-state index is 12.3. The predicted molar refractivity (Wildman–Crippen MR) is 81.6 cm³/mol. The first kappa shape index (κ1) is 12.7. The quantitative estimate of drug-likeness (QED) is 0.781. The molecule has 3 rings (SSSR count). The van der Waals surface area contributed by atoms with Gasteiger partial charge in [0, 0.05) is 22.3 Å². The Kier molecular flexibility index (Phi) is 3.43. The standard InChI is InChI=1S/C15H10BrN3O/c16-11-5-6-13(18-9-11)19-15(20)14-12-4-2-1-3-10(12)7-8-17-14/h1-9H,(H,18,19,20). The molecule has 1 aromatic carbocycles. The Morgan fingerprint density at radius 1 is 1.05 bits per heavy atom. The molecule has 0 unspecified atom stereocenters. The molecule has 1 amide bonds. The van der Waals surface area contributed by atoms with Crippen molar-refractivity contribution in [2.75, 3.05) is 5.32 Å². The van der Waals surface area contributed by atoms with E-state index < -0.39 is 0 Å². The molecule has 4 nitrogen and oxygen atoms in total. The minimum Gasteiger partial charge on any atom is -0.305 e. The molecular weight excluding hydrogens is 318 g/mol. The summed E-state index contributed by atoms with van der Waals surface area (Å²) >= 11 is 3.30. The van der Waals surface area contributed by atoms with E-state index in [4.69, 9.17) is 0 Å². The molecule has 2 aromatic heterocycles. The number of carbonyl (C=O) groups excluding carboxylic acids is 1. The predicted octanol–water partition coefficient (Wildman–Crippen LogP) is 3.64. The summed E-state index contributed by atoms with van der Waals surface area (Å²) in [7, 11) is 0. The van der Waals surface area contributed by atoms with E-state index in [1.807, 2.05) is 36.4 Å². The highest BCUT2D eigenvalue weighted by molar-refractivity contribution is 9.10. The first-order chi connectivity index (χ1) is 9.74. The van der Waals surface area contributed by atoms with Crippen LogP contribution >= 0.6 is 15.9 Å². The van der Waals surface area contributed by atoms with Crippen LogP contribution in [0.2, 0.25) is 0 Å². The fraction of sp³-hybridized carbons (Fsp3) is 0. The summed E-state index contributed by atoms with van der Waals surface area (Å²) in [5, 5.41) is 4.55. The van der Waals surface area contributed by atoms with Gasteiger partial charge in [0.05, 0.1) is 0 Å². The van der Waals surface area contributed by atoms with Crippen LogP contribution in [0, 0.1) is 0 Å². The Labute approximate surface area is 124 Å². The molecule has 5 heteroatoms. The highest BCUT2D eigenvalue weighted by atomic mass is 79.9. The van der Waals surface area contributed by atoms with Crippen LogP contribution in [0.15, 0.2) is 59.3 Å². The van der Waals surface area contributed by atoms with Gasteiger partial charge in [-0.25, -0.2) is 4.98 Å². The van der Waals surface area contributed by atoms with Gasteiger partial charge in [-0.15, -0.1) is 0 Å². The summed E-state index contributed by atoms with van der Waals surface area (Å²) in [4.78, 5) is 20.6. The van der Waals surface area contributed by atoms with E-state index in [0.717, 1.165) is 15.2 Å². The molecule has 0 aliphatic heterocycles. The lowest BCUT2D eigenvalue weighted by Gasteiger charge is -2.06. The second-order valence-electron chi connectivity index (χ2n) is 4.20. The molecule has 20 heavy (non-hydrogen) atoms. The van der Waals surface area contributed by atoms with Crippen LogP contribution in [0.4, 0.5) is 5.82 Å². The van der Waals surface area contributed by atoms with Crippen LogP contribution < -0.4 is 5.32 Å². The molecule has 2 heterocycles. The molecule has 0 radical (unpaired) electrons. The third kappa shape index (κ3) is 2.53. The van der Waals surface area contributed by atoms with Crippen molar-refractivity contribution in [3.8, 4) is 0 Å². The molecule has 0 spiro atoms. The van der Waals surface area contributed by atoms with Gasteiger partial charge in [-0.2, -0.15) is 0 Å². The number of halogens is 1. The number of aromatic nitrogens is 2. The van der Waals surface area contributed by atoms with Crippen molar-refractivity contribution in [1.29, 1.82) is 0 Å².